The topological polar surface area (TPSA) is 6.48 Å². The molecule has 0 radical (unpaired) electrons. The van der Waals surface area contributed by atoms with E-state index < -0.39 is 0 Å². The molecule has 0 aromatic carbocycles. The molecule has 64 valence electrons. The first-order valence-electron chi connectivity index (χ1n) is 4.33. The number of rotatable bonds is 2. The fraction of sp³-hybridized carbons (Fsp3) is 0.778. The summed E-state index contributed by atoms with van der Waals surface area (Å²) in [5, 5.41) is 0. The van der Waals surface area contributed by atoms with E-state index in [0.717, 1.165) is 13.1 Å². The quantitative estimate of drug-likeness (QED) is 0.595. The SMILES string of the molecule is C=C1N(C)CCN1C(C)CC. The third kappa shape index (κ3) is 1.50. The van der Waals surface area contributed by atoms with Gasteiger partial charge in [0.15, 0.2) is 0 Å². The van der Waals surface area contributed by atoms with Crippen molar-refractivity contribution in [3.63, 3.8) is 0 Å². The van der Waals surface area contributed by atoms with E-state index in [9.17, 15) is 0 Å². The highest BCUT2D eigenvalue weighted by Crippen LogP contribution is 2.18. The zero-order valence-electron chi connectivity index (χ0n) is 7.80. The maximum atomic E-state index is 4.04. The number of hydrogen-bond acceptors (Lipinski definition) is 2. The van der Waals surface area contributed by atoms with E-state index in [0.29, 0.717) is 6.04 Å². The van der Waals surface area contributed by atoms with Crippen LogP contribution in [0.5, 0.6) is 0 Å². The molecule has 1 fully saturated rings. The molecule has 0 spiro atoms. The van der Waals surface area contributed by atoms with Crippen molar-refractivity contribution < 1.29 is 0 Å². The van der Waals surface area contributed by atoms with E-state index in [-0.39, 0.29) is 0 Å². The maximum Gasteiger partial charge on any atom is 0.0966 e. The maximum absolute atomic E-state index is 4.04. The molecule has 1 saturated heterocycles. The van der Waals surface area contributed by atoms with Gasteiger partial charge in [-0.05, 0) is 13.3 Å². The minimum atomic E-state index is 0.646. The Balaban J connectivity index is 2.54. The number of nitrogens with zero attached hydrogens (tertiary/aromatic N) is 2. The van der Waals surface area contributed by atoms with E-state index in [1.54, 1.807) is 0 Å². The summed E-state index contributed by atoms with van der Waals surface area (Å²) in [5.74, 6) is 1.18. The van der Waals surface area contributed by atoms with Crippen LogP contribution in [-0.2, 0) is 0 Å². The molecule has 0 N–H and O–H groups in total. The van der Waals surface area contributed by atoms with E-state index in [4.69, 9.17) is 0 Å². The Kier molecular flexibility index (Phi) is 2.42. The molecule has 0 aliphatic carbocycles. The fourth-order valence-electron chi connectivity index (χ4n) is 1.43. The lowest BCUT2D eigenvalue weighted by Gasteiger charge is -2.26. The lowest BCUT2D eigenvalue weighted by molar-refractivity contribution is 0.284. The molecule has 0 amide bonds. The molecule has 1 atom stereocenters. The average Bonchev–Trinajstić information content (AvgIpc) is 2.32. The van der Waals surface area contributed by atoms with Crippen LogP contribution in [-0.4, -0.2) is 36.0 Å². The van der Waals surface area contributed by atoms with Crippen molar-refractivity contribution in [3.8, 4) is 0 Å². The van der Waals surface area contributed by atoms with E-state index in [1.165, 1.54) is 12.2 Å². The van der Waals surface area contributed by atoms with Gasteiger partial charge < -0.3 is 9.80 Å². The van der Waals surface area contributed by atoms with Gasteiger partial charge in [0.05, 0.1) is 5.82 Å². The van der Waals surface area contributed by atoms with Crippen LogP contribution in [0.2, 0.25) is 0 Å². The smallest absolute Gasteiger partial charge is 0.0966 e. The first-order chi connectivity index (χ1) is 5.16. The Morgan fingerprint density at radius 2 is 2.18 bits per heavy atom. The summed E-state index contributed by atoms with van der Waals surface area (Å²) < 4.78 is 0. The minimum absolute atomic E-state index is 0.646. The summed E-state index contributed by atoms with van der Waals surface area (Å²) in [5.41, 5.74) is 0. The van der Waals surface area contributed by atoms with Gasteiger partial charge in [0.2, 0.25) is 0 Å². The lowest BCUT2D eigenvalue weighted by atomic mass is 10.2. The molecule has 0 bridgehead atoms. The lowest BCUT2D eigenvalue weighted by Crippen LogP contribution is -2.29. The molecule has 11 heavy (non-hydrogen) atoms. The summed E-state index contributed by atoms with van der Waals surface area (Å²) in [7, 11) is 2.10. The molecule has 1 aliphatic rings. The Bertz CT molecular complexity index is 154. The van der Waals surface area contributed by atoms with Crippen molar-refractivity contribution in [3.05, 3.63) is 12.4 Å². The molecule has 0 aromatic heterocycles. The molecular formula is C9H18N2. The largest absolute Gasteiger partial charge is 0.360 e. The van der Waals surface area contributed by atoms with Crippen LogP contribution in [0.1, 0.15) is 20.3 Å². The normalized spacial score (nSPS) is 21.2. The van der Waals surface area contributed by atoms with Crippen molar-refractivity contribution in [2.24, 2.45) is 0 Å². The van der Waals surface area contributed by atoms with Gasteiger partial charge in [0.1, 0.15) is 0 Å². The van der Waals surface area contributed by atoms with E-state index in [2.05, 4.69) is 37.3 Å². The van der Waals surface area contributed by atoms with Gasteiger partial charge in [-0.2, -0.15) is 0 Å². The Hall–Kier alpha value is -0.660. The zero-order valence-corrected chi connectivity index (χ0v) is 7.80. The average molecular weight is 154 g/mol. The Morgan fingerprint density at radius 3 is 2.55 bits per heavy atom. The number of hydrogen-bond donors (Lipinski definition) is 0. The third-order valence-electron chi connectivity index (χ3n) is 2.57. The summed E-state index contributed by atoms with van der Waals surface area (Å²) in [4.78, 5) is 4.59. The summed E-state index contributed by atoms with van der Waals surface area (Å²) in [6.45, 7) is 10.8. The van der Waals surface area contributed by atoms with E-state index in [1.807, 2.05) is 0 Å². The van der Waals surface area contributed by atoms with Crippen molar-refractivity contribution in [2.75, 3.05) is 20.1 Å². The van der Waals surface area contributed by atoms with Crippen LogP contribution < -0.4 is 0 Å². The third-order valence-corrected chi connectivity index (χ3v) is 2.57. The second kappa shape index (κ2) is 3.16. The molecule has 0 aromatic rings. The highest BCUT2D eigenvalue weighted by atomic mass is 15.4. The molecular weight excluding hydrogens is 136 g/mol. The van der Waals surface area contributed by atoms with Crippen LogP contribution in [0.15, 0.2) is 12.4 Å². The highest BCUT2D eigenvalue weighted by Gasteiger charge is 2.22. The van der Waals surface area contributed by atoms with Crippen LogP contribution in [0.3, 0.4) is 0 Å². The highest BCUT2D eigenvalue weighted by molar-refractivity contribution is 5.00. The number of likely N-dealkylation sites (N-methyl/N-ethyl adjacent to an activating group) is 1. The molecule has 1 aliphatic heterocycles. The van der Waals surface area contributed by atoms with Crippen LogP contribution in [0.4, 0.5) is 0 Å². The predicted molar refractivity (Wildman–Crippen MR) is 48.2 cm³/mol. The van der Waals surface area contributed by atoms with Crippen molar-refractivity contribution in [2.45, 2.75) is 26.3 Å². The first kappa shape index (κ1) is 8.44. The monoisotopic (exact) mass is 154 g/mol. The second-order valence-corrected chi connectivity index (χ2v) is 3.29. The van der Waals surface area contributed by atoms with Crippen molar-refractivity contribution in [1.82, 2.24) is 9.80 Å². The Labute approximate surface area is 69.5 Å². The molecule has 1 heterocycles. The molecule has 0 saturated carbocycles. The second-order valence-electron chi connectivity index (χ2n) is 3.29. The van der Waals surface area contributed by atoms with Gasteiger partial charge in [-0.1, -0.05) is 13.5 Å². The van der Waals surface area contributed by atoms with Gasteiger partial charge in [0.25, 0.3) is 0 Å². The van der Waals surface area contributed by atoms with Crippen LogP contribution in [0.25, 0.3) is 0 Å². The van der Waals surface area contributed by atoms with Gasteiger partial charge in [-0.25, -0.2) is 0 Å². The van der Waals surface area contributed by atoms with Gasteiger partial charge in [-0.3, -0.25) is 0 Å². The molecule has 2 nitrogen and oxygen atoms in total. The molecule has 2 heteroatoms. The van der Waals surface area contributed by atoms with E-state index >= 15 is 0 Å². The zero-order chi connectivity index (χ0) is 8.43. The minimum Gasteiger partial charge on any atom is -0.360 e. The predicted octanol–water partition coefficient (Wildman–Crippen LogP) is 1.50. The summed E-state index contributed by atoms with van der Waals surface area (Å²) >= 11 is 0. The van der Waals surface area contributed by atoms with Gasteiger partial charge in [0, 0.05) is 26.2 Å². The first-order valence-corrected chi connectivity index (χ1v) is 4.33. The summed E-state index contributed by atoms with van der Waals surface area (Å²) in [6, 6.07) is 0.646. The van der Waals surface area contributed by atoms with Crippen LogP contribution >= 0.6 is 0 Å². The fourth-order valence-corrected chi connectivity index (χ4v) is 1.43. The van der Waals surface area contributed by atoms with Crippen LogP contribution in [0, 0.1) is 0 Å². The Morgan fingerprint density at radius 1 is 1.55 bits per heavy atom. The summed E-state index contributed by atoms with van der Waals surface area (Å²) in [6.07, 6.45) is 1.20. The van der Waals surface area contributed by atoms with Gasteiger partial charge in [-0.15, -0.1) is 0 Å². The molecule has 1 unspecified atom stereocenters. The van der Waals surface area contributed by atoms with Crippen molar-refractivity contribution >= 4 is 0 Å². The van der Waals surface area contributed by atoms with Crippen molar-refractivity contribution in [1.29, 1.82) is 0 Å². The van der Waals surface area contributed by atoms with Gasteiger partial charge >= 0.3 is 0 Å². The molecule has 1 rings (SSSR count). The standard InChI is InChI=1S/C9H18N2/c1-5-8(2)11-7-6-10(4)9(11)3/h8H,3,5-7H2,1-2,4H3.